The van der Waals surface area contributed by atoms with Crippen molar-refractivity contribution < 1.29 is 9.13 Å². The maximum atomic E-state index is 14.1. The molecule has 3 fully saturated rings. The molecular weight excluding hydrogens is 385 g/mol. The van der Waals surface area contributed by atoms with E-state index in [1.165, 1.54) is 0 Å². The first-order valence-electron chi connectivity index (χ1n) is 10.7. The van der Waals surface area contributed by atoms with Gasteiger partial charge in [0.05, 0.1) is 29.5 Å². The summed E-state index contributed by atoms with van der Waals surface area (Å²) in [7, 11) is 0. The van der Waals surface area contributed by atoms with Crippen LogP contribution in [0.4, 0.5) is 10.2 Å². The second-order valence-electron chi connectivity index (χ2n) is 8.48. The van der Waals surface area contributed by atoms with Gasteiger partial charge in [-0.3, -0.25) is 4.90 Å². The highest BCUT2D eigenvalue weighted by Gasteiger charge is 2.49. The molecule has 9 heteroatoms. The summed E-state index contributed by atoms with van der Waals surface area (Å²) in [5.74, 6) is 0.750. The lowest BCUT2D eigenvalue weighted by Crippen LogP contribution is -2.51. The number of aromatic nitrogens is 3. The summed E-state index contributed by atoms with van der Waals surface area (Å²) in [6, 6.07) is 6.40. The number of fused-ring (bicyclic) bond motifs is 2. The number of nitrogens with zero attached hydrogens (tertiary/aromatic N) is 6. The van der Waals surface area contributed by atoms with Crippen LogP contribution in [0.15, 0.2) is 18.3 Å². The quantitative estimate of drug-likeness (QED) is 0.795. The van der Waals surface area contributed by atoms with Gasteiger partial charge in [-0.05, 0) is 31.5 Å². The van der Waals surface area contributed by atoms with E-state index < -0.39 is 6.17 Å². The third-order valence-corrected chi connectivity index (χ3v) is 6.61. The highest BCUT2D eigenvalue weighted by atomic mass is 19.1. The molecule has 3 aliphatic rings. The van der Waals surface area contributed by atoms with Gasteiger partial charge in [0, 0.05) is 38.8 Å². The molecule has 158 valence electrons. The number of halogens is 1. The molecule has 1 unspecified atom stereocenters. The minimum atomic E-state index is -0.795. The molecule has 0 saturated carbocycles. The zero-order valence-electron chi connectivity index (χ0n) is 16.9. The van der Waals surface area contributed by atoms with Crippen molar-refractivity contribution in [2.45, 2.75) is 43.4 Å². The zero-order chi connectivity index (χ0) is 20.6. The van der Waals surface area contributed by atoms with Crippen molar-refractivity contribution in [3.05, 3.63) is 18.3 Å². The van der Waals surface area contributed by atoms with Gasteiger partial charge >= 0.3 is 6.01 Å². The predicted molar refractivity (Wildman–Crippen MR) is 110 cm³/mol. The van der Waals surface area contributed by atoms with E-state index in [0.717, 1.165) is 50.2 Å². The molecule has 0 amide bonds. The first-order valence-corrected chi connectivity index (χ1v) is 10.7. The molecule has 3 saturated heterocycles. The molecule has 0 bridgehead atoms. The van der Waals surface area contributed by atoms with E-state index in [1.54, 1.807) is 6.20 Å². The maximum absolute atomic E-state index is 14.1. The van der Waals surface area contributed by atoms with Crippen LogP contribution in [0.25, 0.3) is 11.0 Å². The van der Waals surface area contributed by atoms with Crippen LogP contribution >= 0.6 is 0 Å². The number of anilines is 1. The van der Waals surface area contributed by atoms with Crippen molar-refractivity contribution in [2.24, 2.45) is 0 Å². The normalized spacial score (nSPS) is 29.1. The van der Waals surface area contributed by atoms with Crippen LogP contribution in [0.5, 0.6) is 6.01 Å². The Bertz CT molecular complexity index is 966. The van der Waals surface area contributed by atoms with Gasteiger partial charge in [0.1, 0.15) is 18.6 Å². The topological polar surface area (TPSA) is 90.2 Å². The van der Waals surface area contributed by atoms with Crippen molar-refractivity contribution in [1.82, 2.24) is 25.2 Å². The Balaban J connectivity index is 1.46. The lowest BCUT2D eigenvalue weighted by Gasteiger charge is -2.36. The molecule has 3 aliphatic heterocycles. The van der Waals surface area contributed by atoms with E-state index in [9.17, 15) is 9.65 Å². The van der Waals surface area contributed by atoms with E-state index in [1.807, 2.05) is 12.1 Å². The summed E-state index contributed by atoms with van der Waals surface area (Å²) in [4.78, 5) is 18.1. The van der Waals surface area contributed by atoms with Crippen LogP contribution in [-0.4, -0.2) is 76.9 Å². The average Bonchev–Trinajstić information content (AvgIpc) is 3.28. The fourth-order valence-corrected chi connectivity index (χ4v) is 5.19. The van der Waals surface area contributed by atoms with Crippen LogP contribution in [-0.2, 0) is 0 Å². The number of alkyl halides is 1. The van der Waals surface area contributed by atoms with Crippen molar-refractivity contribution in [3.8, 4) is 12.1 Å². The number of hydrogen-bond donors (Lipinski definition) is 1. The molecule has 2 aromatic heterocycles. The molecule has 0 spiro atoms. The van der Waals surface area contributed by atoms with E-state index in [-0.39, 0.29) is 17.6 Å². The summed E-state index contributed by atoms with van der Waals surface area (Å²) in [6.07, 6.45) is 3.83. The summed E-state index contributed by atoms with van der Waals surface area (Å²) >= 11 is 0. The second-order valence-corrected chi connectivity index (χ2v) is 8.48. The SMILES string of the molecule is N#CCC1CNCCN1c1nc(OC[C@@]23CCCN2C[C@H](F)C3)nc2ncccc12. The van der Waals surface area contributed by atoms with Gasteiger partial charge in [0.15, 0.2) is 5.65 Å². The third kappa shape index (κ3) is 3.44. The first kappa shape index (κ1) is 19.4. The smallest absolute Gasteiger partial charge is 0.320 e. The lowest BCUT2D eigenvalue weighted by atomic mass is 9.95. The van der Waals surface area contributed by atoms with Crippen molar-refractivity contribution in [1.29, 1.82) is 5.26 Å². The zero-order valence-corrected chi connectivity index (χ0v) is 16.9. The van der Waals surface area contributed by atoms with Gasteiger partial charge in [-0.1, -0.05) is 0 Å². The number of nitrogens with one attached hydrogen (secondary N) is 1. The van der Waals surface area contributed by atoms with Gasteiger partial charge in [0.25, 0.3) is 0 Å². The minimum absolute atomic E-state index is 0.0287. The van der Waals surface area contributed by atoms with Crippen LogP contribution in [0.2, 0.25) is 0 Å². The standard InChI is InChI=1S/C21H26FN7O/c22-15-11-21(5-2-9-28(21)13-15)14-30-20-26-18-17(3-1-7-25-18)19(27-20)29-10-8-24-12-16(29)4-6-23/h1,3,7,15-16,24H,2,4-5,8-14H2/t15-,16?,21+/m1/s1. The average molecular weight is 411 g/mol. The van der Waals surface area contributed by atoms with E-state index >= 15 is 0 Å². The van der Waals surface area contributed by atoms with Crippen LogP contribution in [0, 0.1) is 11.3 Å². The van der Waals surface area contributed by atoms with Crippen LogP contribution in [0.1, 0.15) is 25.7 Å². The van der Waals surface area contributed by atoms with Gasteiger partial charge < -0.3 is 15.0 Å². The molecule has 5 rings (SSSR count). The summed E-state index contributed by atoms with van der Waals surface area (Å²) in [6.45, 7) is 4.09. The highest BCUT2D eigenvalue weighted by molar-refractivity contribution is 5.87. The molecule has 8 nitrogen and oxygen atoms in total. The van der Waals surface area contributed by atoms with Crippen LogP contribution in [0.3, 0.4) is 0 Å². The number of rotatable bonds is 5. The van der Waals surface area contributed by atoms with Crippen molar-refractivity contribution in [2.75, 3.05) is 44.2 Å². The molecule has 5 heterocycles. The Labute approximate surface area is 175 Å². The Morgan fingerprint density at radius 3 is 3.20 bits per heavy atom. The van der Waals surface area contributed by atoms with Crippen LogP contribution < -0.4 is 15.0 Å². The highest BCUT2D eigenvalue weighted by Crippen LogP contribution is 2.40. The number of piperazine rings is 1. The third-order valence-electron chi connectivity index (χ3n) is 6.61. The molecule has 2 aromatic rings. The largest absolute Gasteiger partial charge is 0.461 e. The van der Waals surface area contributed by atoms with Gasteiger partial charge in [0.2, 0.25) is 0 Å². The molecule has 3 atom stereocenters. The molecule has 1 N–H and O–H groups in total. The summed E-state index contributed by atoms with van der Waals surface area (Å²) in [5.41, 5.74) is 0.322. The summed E-state index contributed by atoms with van der Waals surface area (Å²) in [5, 5.41) is 13.5. The van der Waals surface area contributed by atoms with E-state index in [2.05, 4.69) is 31.2 Å². The van der Waals surface area contributed by atoms with Gasteiger partial charge in [-0.2, -0.15) is 15.2 Å². The Kier molecular flexibility index (Phi) is 5.13. The number of pyridine rings is 1. The molecular formula is C21H26FN7O. The van der Waals surface area contributed by atoms with Crippen molar-refractivity contribution >= 4 is 16.9 Å². The Hall–Kier alpha value is -2.57. The predicted octanol–water partition coefficient (Wildman–Crippen LogP) is 1.67. The first-order chi connectivity index (χ1) is 14.7. The number of ether oxygens (including phenoxy) is 1. The fraction of sp³-hybridized carbons (Fsp3) is 0.619. The minimum Gasteiger partial charge on any atom is -0.461 e. The molecule has 30 heavy (non-hydrogen) atoms. The lowest BCUT2D eigenvalue weighted by molar-refractivity contribution is 0.107. The van der Waals surface area contributed by atoms with E-state index in [4.69, 9.17) is 9.72 Å². The summed E-state index contributed by atoms with van der Waals surface area (Å²) < 4.78 is 20.2. The fourth-order valence-electron chi connectivity index (χ4n) is 5.19. The second kappa shape index (κ2) is 7.93. The Morgan fingerprint density at radius 2 is 2.30 bits per heavy atom. The Morgan fingerprint density at radius 1 is 1.37 bits per heavy atom. The van der Waals surface area contributed by atoms with Gasteiger partial charge in [-0.15, -0.1) is 0 Å². The molecule has 0 aliphatic carbocycles. The molecule has 0 radical (unpaired) electrons. The van der Waals surface area contributed by atoms with Gasteiger partial charge in [-0.25, -0.2) is 9.37 Å². The number of hydrogen-bond acceptors (Lipinski definition) is 8. The maximum Gasteiger partial charge on any atom is 0.320 e. The number of nitriles is 1. The molecule has 0 aromatic carbocycles. The van der Waals surface area contributed by atoms with Crippen molar-refractivity contribution in [3.63, 3.8) is 0 Å². The monoisotopic (exact) mass is 411 g/mol. The van der Waals surface area contributed by atoms with E-state index in [0.29, 0.717) is 31.6 Å².